The summed E-state index contributed by atoms with van der Waals surface area (Å²) >= 11 is 0. The van der Waals surface area contributed by atoms with Crippen molar-refractivity contribution in [2.45, 2.75) is 38.2 Å². The second-order valence-corrected chi connectivity index (χ2v) is 7.62. The van der Waals surface area contributed by atoms with Gasteiger partial charge in [-0.3, -0.25) is 9.69 Å². The first-order chi connectivity index (χ1) is 13.1. The Morgan fingerprint density at radius 3 is 2.44 bits per heavy atom. The van der Waals surface area contributed by atoms with Crippen molar-refractivity contribution >= 4 is 5.91 Å². The number of β-amino-alcohol motifs (C(OH)–C–C–N with tert-alkyl or cyclic N) is 1. The molecule has 0 aromatic heterocycles. The van der Waals surface area contributed by atoms with E-state index in [4.69, 9.17) is 9.47 Å². The second-order valence-electron chi connectivity index (χ2n) is 7.62. The van der Waals surface area contributed by atoms with E-state index >= 15 is 0 Å². The maximum absolute atomic E-state index is 12.9. The number of methoxy groups -OCH3 is 2. The van der Waals surface area contributed by atoms with Crippen LogP contribution in [0.4, 0.5) is 0 Å². The first-order valence-corrected chi connectivity index (χ1v) is 10.0. The summed E-state index contributed by atoms with van der Waals surface area (Å²) in [6, 6.07) is 5.29. The smallest absolute Gasteiger partial charge is 0.257 e. The minimum Gasteiger partial charge on any atom is -0.497 e. The van der Waals surface area contributed by atoms with Crippen molar-refractivity contribution in [3.05, 3.63) is 23.8 Å². The van der Waals surface area contributed by atoms with Gasteiger partial charge in [-0.2, -0.15) is 0 Å². The lowest BCUT2D eigenvalue weighted by atomic mass is 9.85. The fraction of sp³-hybridized carbons (Fsp3) is 0.667. The first-order valence-electron chi connectivity index (χ1n) is 10.0. The largest absolute Gasteiger partial charge is 0.497 e. The van der Waals surface area contributed by atoms with Crippen LogP contribution in [0, 0.1) is 5.92 Å². The Morgan fingerprint density at radius 1 is 1.11 bits per heavy atom. The molecule has 0 unspecified atom stereocenters. The summed E-state index contributed by atoms with van der Waals surface area (Å²) in [5.74, 6) is 1.64. The molecule has 1 saturated heterocycles. The SMILES string of the molecule is COc1ccc(C(=O)N2CCN(C[C@H](O)C3CCCCC3)CC2)c(OC)c1. The molecule has 6 heteroatoms. The van der Waals surface area contributed by atoms with Crippen LogP contribution >= 0.6 is 0 Å². The summed E-state index contributed by atoms with van der Waals surface area (Å²) in [7, 11) is 3.16. The third-order valence-electron chi connectivity index (χ3n) is 5.94. The molecule has 150 valence electrons. The van der Waals surface area contributed by atoms with E-state index in [2.05, 4.69) is 4.90 Å². The molecule has 1 aliphatic heterocycles. The molecule has 2 fully saturated rings. The molecule has 2 aliphatic rings. The third-order valence-corrected chi connectivity index (χ3v) is 5.94. The normalized spacial score (nSPS) is 20.3. The number of carbonyl (C=O) groups excluding carboxylic acids is 1. The van der Waals surface area contributed by atoms with Crippen LogP contribution in [-0.4, -0.2) is 73.9 Å². The maximum atomic E-state index is 12.9. The number of hydrogen-bond acceptors (Lipinski definition) is 5. The number of amides is 1. The third kappa shape index (κ3) is 4.93. The highest BCUT2D eigenvalue weighted by Gasteiger charge is 2.28. The zero-order valence-corrected chi connectivity index (χ0v) is 16.5. The van der Waals surface area contributed by atoms with Crippen LogP contribution in [0.1, 0.15) is 42.5 Å². The molecule has 0 bridgehead atoms. The Balaban J connectivity index is 1.53. The zero-order chi connectivity index (χ0) is 19.2. The zero-order valence-electron chi connectivity index (χ0n) is 16.5. The fourth-order valence-electron chi connectivity index (χ4n) is 4.21. The van der Waals surface area contributed by atoms with Crippen LogP contribution in [0.3, 0.4) is 0 Å². The lowest BCUT2D eigenvalue weighted by molar-refractivity contribution is 0.0278. The number of rotatable bonds is 6. The number of nitrogens with zero attached hydrogens (tertiary/aromatic N) is 2. The average Bonchev–Trinajstić information content (AvgIpc) is 2.73. The molecule has 3 rings (SSSR count). The standard InChI is InChI=1S/C21H32N2O4/c1-26-17-8-9-18(20(14-17)27-2)21(25)23-12-10-22(11-13-23)15-19(24)16-6-4-3-5-7-16/h8-9,14,16,19,24H,3-7,10-13,15H2,1-2H3/t19-/m0/s1. The average molecular weight is 376 g/mol. The Bertz CT molecular complexity index is 623. The highest BCUT2D eigenvalue weighted by molar-refractivity contribution is 5.97. The van der Waals surface area contributed by atoms with Gasteiger partial charge >= 0.3 is 0 Å². The quantitative estimate of drug-likeness (QED) is 0.826. The molecule has 0 spiro atoms. The maximum Gasteiger partial charge on any atom is 0.257 e. The van der Waals surface area contributed by atoms with Crippen molar-refractivity contribution in [2.75, 3.05) is 46.9 Å². The van der Waals surface area contributed by atoms with Crippen molar-refractivity contribution in [3.63, 3.8) is 0 Å². The van der Waals surface area contributed by atoms with E-state index in [1.807, 2.05) is 4.90 Å². The number of carbonyl (C=O) groups is 1. The second kappa shape index (κ2) is 9.42. The van der Waals surface area contributed by atoms with Gasteiger partial charge in [0.2, 0.25) is 0 Å². The van der Waals surface area contributed by atoms with Gasteiger partial charge in [-0.05, 0) is 30.9 Å². The number of aliphatic hydroxyl groups is 1. The Hall–Kier alpha value is -1.79. The van der Waals surface area contributed by atoms with Gasteiger partial charge in [-0.25, -0.2) is 0 Å². The molecule has 27 heavy (non-hydrogen) atoms. The van der Waals surface area contributed by atoms with Crippen LogP contribution in [-0.2, 0) is 0 Å². The molecule has 1 aliphatic carbocycles. The molecule has 1 aromatic carbocycles. The minimum absolute atomic E-state index is 0.0121. The van der Waals surface area contributed by atoms with Crippen LogP contribution < -0.4 is 9.47 Å². The summed E-state index contributed by atoms with van der Waals surface area (Å²) in [5.41, 5.74) is 0.564. The molecular formula is C21H32N2O4. The lowest BCUT2D eigenvalue weighted by Gasteiger charge is -2.37. The van der Waals surface area contributed by atoms with Gasteiger partial charge in [-0.15, -0.1) is 0 Å². The van der Waals surface area contributed by atoms with Gasteiger partial charge in [-0.1, -0.05) is 19.3 Å². The van der Waals surface area contributed by atoms with Crippen LogP contribution in [0.2, 0.25) is 0 Å². The number of benzene rings is 1. The summed E-state index contributed by atoms with van der Waals surface area (Å²) in [5, 5.41) is 10.5. The van der Waals surface area contributed by atoms with Gasteiger partial charge < -0.3 is 19.5 Å². The van der Waals surface area contributed by atoms with E-state index < -0.39 is 0 Å². The monoisotopic (exact) mass is 376 g/mol. The van der Waals surface area contributed by atoms with Gasteiger partial charge in [0.1, 0.15) is 11.5 Å². The number of piperazine rings is 1. The lowest BCUT2D eigenvalue weighted by Crippen LogP contribution is -2.51. The van der Waals surface area contributed by atoms with Crippen LogP contribution in [0.5, 0.6) is 11.5 Å². The predicted molar refractivity (Wildman–Crippen MR) is 104 cm³/mol. The molecule has 1 saturated carbocycles. The van der Waals surface area contributed by atoms with Crippen molar-refractivity contribution in [2.24, 2.45) is 5.92 Å². The van der Waals surface area contributed by atoms with E-state index in [0.717, 1.165) is 32.5 Å². The molecule has 6 nitrogen and oxygen atoms in total. The first kappa shape index (κ1) is 20.0. The topological polar surface area (TPSA) is 62.2 Å². The fourth-order valence-corrected chi connectivity index (χ4v) is 4.21. The van der Waals surface area contributed by atoms with E-state index in [1.54, 1.807) is 32.4 Å². The Kier molecular flexibility index (Phi) is 6.96. The molecule has 1 heterocycles. The van der Waals surface area contributed by atoms with Gasteiger partial charge in [0.15, 0.2) is 0 Å². The highest BCUT2D eigenvalue weighted by atomic mass is 16.5. The molecule has 1 amide bonds. The molecule has 1 atom stereocenters. The van der Waals surface area contributed by atoms with Crippen LogP contribution in [0.25, 0.3) is 0 Å². The summed E-state index contributed by atoms with van der Waals surface area (Å²) in [6.07, 6.45) is 5.85. The van der Waals surface area contributed by atoms with Crippen LogP contribution in [0.15, 0.2) is 18.2 Å². The van der Waals surface area contributed by atoms with Crippen molar-refractivity contribution in [1.82, 2.24) is 9.80 Å². The molecule has 1 N–H and O–H groups in total. The summed E-state index contributed by atoms with van der Waals surface area (Å²) in [4.78, 5) is 17.0. The van der Waals surface area contributed by atoms with E-state index in [0.29, 0.717) is 36.1 Å². The highest BCUT2D eigenvalue weighted by Crippen LogP contribution is 2.28. The predicted octanol–water partition coefficient (Wildman–Crippen LogP) is 2.40. The van der Waals surface area contributed by atoms with E-state index in [9.17, 15) is 9.90 Å². The van der Waals surface area contributed by atoms with Crippen molar-refractivity contribution in [1.29, 1.82) is 0 Å². The molecule has 0 radical (unpaired) electrons. The number of hydrogen-bond donors (Lipinski definition) is 1. The number of aliphatic hydroxyl groups excluding tert-OH is 1. The van der Waals surface area contributed by atoms with Gasteiger partial charge in [0, 0.05) is 38.8 Å². The molecule has 1 aromatic rings. The molecular weight excluding hydrogens is 344 g/mol. The summed E-state index contributed by atoms with van der Waals surface area (Å²) in [6.45, 7) is 3.66. The van der Waals surface area contributed by atoms with Gasteiger partial charge in [0.05, 0.1) is 25.9 Å². The van der Waals surface area contributed by atoms with E-state index in [1.165, 1.54) is 19.3 Å². The summed E-state index contributed by atoms with van der Waals surface area (Å²) < 4.78 is 10.6. The Labute approximate surface area is 162 Å². The minimum atomic E-state index is -0.241. The Morgan fingerprint density at radius 2 is 1.81 bits per heavy atom. The number of ether oxygens (including phenoxy) is 2. The van der Waals surface area contributed by atoms with Crippen molar-refractivity contribution < 1.29 is 19.4 Å². The van der Waals surface area contributed by atoms with Crippen molar-refractivity contribution in [3.8, 4) is 11.5 Å². The van der Waals surface area contributed by atoms with Gasteiger partial charge in [0.25, 0.3) is 5.91 Å². The van der Waals surface area contributed by atoms with E-state index in [-0.39, 0.29) is 12.0 Å².